The zero-order valence-corrected chi connectivity index (χ0v) is 22.8. The number of hydrogen-bond acceptors (Lipinski definition) is 8. The Balaban J connectivity index is 1.51. The van der Waals surface area contributed by atoms with Gasteiger partial charge in [-0.05, 0) is 48.4 Å². The van der Waals surface area contributed by atoms with Crippen LogP contribution in [0.3, 0.4) is 0 Å². The highest BCUT2D eigenvalue weighted by molar-refractivity contribution is 7.89. The van der Waals surface area contributed by atoms with E-state index in [-0.39, 0.29) is 16.9 Å². The predicted octanol–water partition coefficient (Wildman–Crippen LogP) is 4.65. The summed E-state index contributed by atoms with van der Waals surface area (Å²) in [4.78, 5) is 32.9. The Kier molecular flexibility index (Phi) is 6.75. The minimum atomic E-state index is -3.60. The monoisotopic (exact) mass is 556 g/mol. The number of fused-ring (bicyclic) bond motifs is 2. The van der Waals surface area contributed by atoms with Gasteiger partial charge in [0.25, 0.3) is 5.91 Å². The second kappa shape index (κ2) is 9.86. The molecule has 2 amide bonds. The van der Waals surface area contributed by atoms with Crippen molar-refractivity contribution < 1.29 is 22.7 Å². The highest BCUT2D eigenvalue weighted by Gasteiger charge is 2.30. The number of hydrogen-bond donors (Lipinski definition) is 1. The number of carbonyl (C=O) groups excluding carboxylic acids is 2. The average molecular weight is 557 g/mol. The Bertz CT molecular complexity index is 1570. The molecule has 37 heavy (non-hydrogen) atoms. The Hall–Kier alpha value is -3.32. The first-order valence-electron chi connectivity index (χ1n) is 11.4. The van der Waals surface area contributed by atoms with Crippen molar-refractivity contribution in [1.82, 2.24) is 14.2 Å². The van der Waals surface area contributed by atoms with Gasteiger partial charge in [-0.1, -0.05) is 12.1 Å². The molecule has 12 heteroatoms. The molecule has 1 aliphatic heterocycles. The fraction of sp³-hybridized carbons (Fsp3) is 0.240. The minimum Gasteiger partial charge on any atom is -0.453 e. The lowest BCUT2D eigenvalue weighted by Gasteiger charge is -2.25. The van der Waals surface area contributed by atoms with Crippen molar-refractivity contribution in [2.45, 2.75) is 17.9 Å². The van der Waals surface area contributed by atoms with Crippen LogP contribution >= 0.6 is 22.7 Å². The van der Waals surface area contributed by atoms with E-state index in [1.165, 1.54) is 56.8 Å². The topological polar surface area (TPSA) is 109 Å². The number of para-hydroxylation sites is 1. The molecule has 0 atom stereocenters. The summed E-state index contributed by atoms with van der Waals surface area (Å²) in [5.74, 6) is -0.361. The molecule has 4 aromatic rings. The molecule has 0 saturated carbocycles. The molecule has 5 rings (SSSR count). The SMILES string of the molecule is COC(=O)N1CCc2c(sc(NC(=O)c3ccc(S(=O)(=O)N(C)C)cc3)c2-c2nc3ccccc3s2)C1. The van der Waals surface area contributed by atoms with Gasteiger partial charge in [-0.2, -0.15) is 0 Å². The number of benzene rings is 2. The first kappa shape index (κ1) is 25.3. The van der Waals surface area contributed by atoms with Crippen molar-refractivity contribution in [3.63, 3.8) is 0 Å². The number of thiophene rings is 1. The number of anilines is 1. The lowest BCUT2D eigenvalue weighted by atomic mass is 10.0. The van der Waals surface area contributed by atoms with Gasteiger partial charge in [-0.25, -0.2) is 22.5 Å². The summed E-state index contributed by atoms with van der Waals surface area (Å²) in [5.41, 5.74) is 3.14. The Morgan fingerprint density at radius 3 is 2.49 bits per heavy atom. The van der Waals surface area contributed by atoms with E-state index in [1.807, 2.05) is 24.3 Å². The van der Waals surface area contributed by atoms with E-state index in [4.69, 9.17) is 9.72 Å². The molecule has 0 aliphatic carbocycles. The molecule has 192 valence electrons. The molecule has 2 aromatic carbocycles. The molecule has 0 radical (unpaired) electrons. The van der Waals surface area contributed by atoms with Crippen molar-refractivity contribution in [3.05, 3.63) is 64.5 Å². The van der Waals surface area contributed by atoms with Gasteiger partial charge in [0.2, 0.25) is 10.0 Å². The zero-order chi connectivity index (χ0) is 26.3. The van der Waals surface area contributed by atoms with Gasteiger partial charge < -0.3 is 15.0 Å². The second-order valence-corrected chi connectivity index (χ2v) is 12.9. The van der Waals surface area contributed by atoms with Crippen molar-refractivity contribution in [3.8, 4) is 10.6 Å². The highest BCUT2D eigenvalue weighted by atomic mass is 32.2. The minimum absolute atomic E-state index is 0.110. The number of ether oxygens (including phenoxy) is 1. The maximum atomic E-state index is 13.2. The lowest BCUT2D eigenvalue weighted by Crippen LogP contribution is -2.35. The van der Waals surface area contributed by atoms with E-state index in [1.54, 1.807) is 16.2 Å². The van der Waals surface area contributed by atoms with Crippen LogP contribution in [0.25, 0.3) is 20.8 Å². The van der Waals surface area contributed by atoms with Gasteiger partial charge in [0.1, 0.15) is 10.0 Å². The number of methoxy groups -OCH3 is 1. The molecule has 9 nitrogen and oxygen atoms in total. The molecule has 3 heterocycles. The number of nitrogens with one attached hydrogen (secondary N) is 1. The molecule has 0 bridgehead atoms. The number of rotatable bonds is 5. The zero-order valence-electron chi connectivity index (χ0n) is 20.3. The predicted molar refractivity (Wildman–Crippen MR) is 145 cm³/mol. The van der Waals surface area contributed by atoms with Crippen molar-refractivity contribution in [1.29, 1.82) is 0 Å². The normalized spacial score (nSPS) is 13.6. The number of thiazole rings is 1. The van der Waals surface area contributed by atoms with E-state index < -0.39 is 10.0 Å². The Morgan fingerprint density at radius 2 is 1.81 bits per heavy atom. The number of aromatic nitrogens is 1. The van der Waals surface area contributed by atoms with E-state index in [9.17, 15) is 18.0 Å². The fourth-order valence-corrected chi connectivity index (χ4v) is 7.42. The van der Waals surface area contributed by atoms with Crippen molar-refractivity contribution in [2.24, 2.45) is 0 Å². The molecule has 1 aliphatic rings. The van der Waals surface area contributed by atoms with Crippen molar-refractivity contribution >= 4 is 59.9 Å². The first-order valence-corrected chi connectivity index (χ1v) is 14.4. The van der Waals surface area contributed by atoms with Crippen LogP contribution in [0.15, 0.2) is 53.4 Å². The smallest absolute Gasteiger partial charge is 0.409 e. The fourth-order valence-electron chi connectivity index (χ4n) is 4.15. The summed E-state index contributed by atoms with van der Waals surface area (Å²) < 4.78 is 31.8. The van der Waals surface area contributed by atoms with E-state index in [0.29, 0.717) is 30.1 Å². The van der Waals surface area contributed by atoms with Gasteiger partial charge in [0.05, 0.1) is 28.8 Å². The summed E-state index contributed by atoms with van der Waals surface area (Å²) >= 11 is 2.97. The molecule has 0 fully saturated rings. The number of carbonyl (C=O) groups is 2. The lowest BCUT2D eigenvalue weighted by molar-refractivity contribution is 0.102. The Morgan fingerprint density at radius 1 is 1.08 bits per heavy atom. The standard InChI is InChI=1S/C25H24N4O5S3/c1-28(2)37(32,33)16-10-8-15(9-11-16)22(30)27-24-21(23-26-18-6-4-5-7-19(18)35-23)17-12-13-29(25(31)34-3)14-20(17)36-24/h4-11H,12-14H2,1-3H3,(H,27,30). The third kappa shape index (κ3) is 4.73. The highest BCUT2D eigenvalue weighted by Crippen LogP contribution is 2.45. The summed E-state index contributed by atoms with van der Waals surface area (Å²) in [7, 11) is 0.680. The summed E-state index contributed by atoms with van der Waals surface area (Å²) in [6, 6.07) is 13.7. The molecule has 0 spiro atoms. The van der Waals surface area contributed by atoms with Gasteiger partial charge in [0, 0.05) is 36.6 Å². The van der Waals surface area contributed by atoms with Gasteiger partial charge in [-0.3, -0.25) is 4.79 Å². The van der Waals surface area contributed by atoms with Crippen LogP contribution in [0.4, 0.5) is 9.80 Å². The van der Waals surface area contributed by atoms with Crippen molar-refractivity contribution in [2.75, 3.05) is 33.1 Å². The third-order valence-electron chi connectivity index (χ3n) is 6.12. The number of nitrogens with zero attached hydrogens (tertiary/aromatic N) is 3. The number of amides is 2. The second-order valence-electron chi connectivity index (χ2n) is 8.60. The van der Waals surface area contributed by atoms with Crippen LogP contribution in [0.5, 0.6) is 0 Å². The van der Waals surface area contributed by atoms with Crippen LogP contribution in [0, 0.1) is 0 Å². The van der Waals surface area contributed by atoms with Crippen LogP contribution in [0.1, 0.15) is 20.8 Å². The maximum absolute atomic E-state index is 13.2. The maximum Gasteiger partial charge on any atom is 0.409 e. The van der Waals surface area contributed by atoms with E-state index >= 15 is 0 Å². The van der Waals surface area contributed by atoms with Crippen LogP contribution in [-0.4, -0.2) is 62.4 Å². The molecular weight excluding hydrogens is 532 g/mol. The summed E-state index contributed by atoms with van der Waals surface area (Å²) in [6.45, 7) is 0.890. The van der Waals surface area contributed by atoms with Crippen LogP contribution < -0.4 is 5.32 Å². The largest absolute Gasteiger partial charge is 0.453 e. The summed E-state index contributed by atoms with van der Waals surface area (Å²) in [6.07, 6.45) is 0.220. The quantitative estimate of drug-likeness (QED) is 0.383. The van der Waals surface area contributed by atoms with Crippen LogP contribution in [0.2, 0.25) is 0 Å². The first-order chi connectivity index (χ1) is 17.7. The number of sulfonamides is 1. The molecular formula is C25H24N4O5S3. The Labute approximate surface area is 222 Å². The molecule has 1 N–H and O–H groups in total. The summed E-state index contributed by atoms with van der Waals surface area (Å²) in [5, 5.41) is 4.46. The van der Waals surface area contributed by atoms with Crippen LogP contribution in [-0.2, 0) is 27.7 Å². The van der Waals surface area contributed by atoms with E-state index in [0.717, 1.165) is 35.5 Å². The van der Waals surface area contributed by atoms with Gasteiger partial charge in [-0.15, -0.1) is 22.7 Å². The van der Waals surface area contributed by atoms with Gasteiger partial charge >= 0.3 is 6.09 Å². The molecule has 0 unspecified atom stereocenters. The molecule has 0 saturated heterocycles. The molecule has 2 aromatic heterocycles. The third-order valence-corrected chi connectivity index (χ3v) is 10.1. The van der Waals surface area contributed by atoms with Gasteiger partial charge in [0.15, 0.2) is 0 Å². The average Bonchev–Trinajstić information content (AvgIpc) is 3.48. The van der Waals surface area contributed by atoms with E-state index in [2.05, 4.69) is 5.32 Å².